The zero-order chi connectivity index (χ0) is 12.5. The predicted octanol–water partition coefficient (Wildman–Crippen LogP) is 1.97. The van der Waals surface area contributed by atoms with Crippen LogP contribution >= 0.6 is 0 Å². The minimum absolute atomic E-state index is 0.0378. The zero-order valence-electron chi connectivity index (χ0n) is 9.57. The molecular weight excluding hydrogens is 224 g/mol. The molecule has 1 aliphatic rings. The average molecular weight is 241 g/mol. The van der Waals surface area contributed by atoms with Crippen molar-refractivity contribution in [2.45, 2.75) is 37.6 Å². The molecule has 94 valence electrons. The van der Waals surface area contributed by atoms with Crippen LogP contribution in [0.25, 0.3) is 0 Å². The molecule has 1 aromatic heterocycles. The molecule has 2 atom stereocenters. The van der Waals surface area contributed by atoms with Crippen LogP contribution in [0.1, 0.15) is 24.8 Å². The van der Waals surface area contributed by atoms with E-state index in [1.165, 1.54) is 0 Å². The lowest BCUT2D eigenvalue weighted by Gasteiger charge is -2.19. The summed E-state index contributed by atoms with van der Waals surface area (Å²) in [6.07, 6.45) is 2.57. The van der Waals surface area contributed by atoms with Gasteiger partial charge in [-0.2, -0.15) is 0 Å². The number of nitrogens with zero attached hydrogens (tertiary/aromatic N) is 1. The van der Waals surface area contributed by atoms with Crippen LogP contribution in [-0.4, -0.2) is 16.9 Å². The van der Waals surface area contributed by atoms with Gasteiger partial charge in [-0.05, 0) is 36.5 Å². The largest absolute Gasteiger partial charge is 0.384 e. The third-order valence-corrected chi connectivity index (χ3v) is 3.36. The lowest BCUT2D eigenvalue weighted by molar-refractivity contribution is 0.00393. The third kappa shape index (κ3) is 3.12. The van der Waals surface area contributed by atoms with Gasteiger partial charge >= 0.3 is 0 Å². The van der Waals surface area contributed by atoms with Crippen LogP contribution in [0.5, 0.6) is 0 Å². The molecular formula is C12H17F2N3. The van der Waals surface area contributed by atoms with Crippen molar-refractivity contribution in [2.75, 3.05) is 5.73 Å². The Morgan fingerprint density at radius 2 is 2.29 bits per heavy atom. The van der Waals surface area contributed by atoms with E-state index in [-0.39, 0.29) is 24.8 Å². The van der Waals surface area contributed by atoms with Crippen LogP contribution in [-0.2, 0) is 6.42 Å². The van der Waals surface area contributed by atoms with Gasteiger partial charge in [0, 0.05) is 25.1 Å². The predicted molar refractivity (Wildman–Crippen MR) is 62.6 cm³/mol. The normalized spacial score (nSPS) is 24.8. The van der Waals surface area contributed by atoms with E-state index in [0.717, 1.165) is 5.56 Å². The van der Waals surface area contributed by atoms with Crippen molar-refractivity contribution in [3.8, 4) is 0 Å². The molecule has 17 heavy (non-hydrogen) atoms. The molecule has 2 unspecified atom stereocenters. The molecule has 0 aromatic carbocycles. The van der Waals surface area contributed by atoms with E-state index in [0.29, 0.717) is 18.7 Å². The number of halogens is 2. The maximum atomic E-state index is 13.1. The Morgan fingerprint density at radius 3 is 2.88 bits per heavy atom. The highest BCUT2D eigenvalue weighted by atomic mass is 19.3. The first-order valence-electron chi connectivity index (χ1n) is 5.80. The Labute approximate surface area is 99.2 Å². The highest BCUT2D eigenvalue weighted by Gasteiger charge is 2.41. The number of aromatic nitrogens is 1. The summed E-state index contributed by atoms with van der Waals surface area (Å²) in [5.41, 5.74) is 12.5. The van der Waals surface area contributed by atoms with Gasteiger partial charge < -0.3 is 11.5 Å². The maximum Gasteiger partial charge on any atom is 0.248 e. The van der Waals surface area contributed by atoms with Gasteiger partial charge in [-0.1, -0.05) is 0 Å². The Morgan fingerprint density at radius 1 is 1.53 bits per heavy atom. The number of rotatable bonds is 3. The summed E-state index contributed by atoms with van der Waals surface area (Å²) < 4.78 is 26.1. The second-order valence-electron chi connectivity index (χ2n) is 4.82. The van der Waals surface area contributed by atoms with E-state index >= 15 is 0 Å². The van der Waals surface area contributed by atoms with Crippen molar-refractivity contribution in [3.05, 3.63) is 23.9 Å². The zero-order valence-corrected chi connectivity index (χ0v) is 9.57. The quantitative estimate of drug-likeness (QED) is 0.850. The topological polar surface area (TPSA) is 64.9 Å². The minimum Gasteiger partial charge on any atom is -0.384 e. The molecule has 5 heteroatoms. The number of hydrogen-bond donors (Lipinski definition) is 2. The van der Waals surface area contributed by atoms with Crippen molar-refractivity contribution in [2.24, 2.45) is 11.7 Å². The molecule has 1 aliphatic carbocycles. The molecule has 3 nitrogen and oxygen atoms in total. The lowest BCUT2D eigenvalue weighted by atomic mass is 9.93. The molecule has 2 rings (SSSR count). The van der Waals surface area contributed by atoms with Gasteiger partial charge in [0.2, 0.25) is 5.92 Å². The Bertz CT molecular complexity index is 395. The molecule has 1 saturated carbocycles. The Hall–Kier alpha value is -1.23. The SMILES string of the molecule is Nc1cc(CC(N)C2CCC(F)(F)C2)ccn1. The summed E-state index contributed by atoms with van der Waals surface area (Å²) in [7, 11) is 0. The fraction of sp³-hybridized carbons (Fsp3) is 0.583. The van der Waals surface area contributed by atoms with Crippen LogP contribution in [0.2, 0.25) is 0 Å². The van der Waals surface area contributed by atoms with Gasteiger partial charge in [-0.25, -0.2) is 13.8 Å². The first-order valence-corrected chi connectivity index (χ1v) is 5.80. The first-order chi connectivity index (χ1) is 7.96. The smallest absolute Gasteiger partial charge is 0.248 e. The summed E-state index contributed by atoms with van der Waals surface area (Å²) in [6, 6.07) is 3.33. The number of pyridine rings is 1. The van der Waals surface area contributed by atoms with Crippen molar-refractivity contribution >= 4 is 5.82 Å². The molecule has 1 fully saturated rings. The fourth-order valence-corrected chi connectivity index (χ4v) is 2.41. The number of nitrogen functional groups attached to an aromatic ring is 1. The highest BCUT2D eigenvalue weighted by Crippen LogP contribution is 2.40. The van der Waals surface area contributed by atoms with E-state index in [2.05, 4.69) is 4.98 Å². The second kappa shape index (κ2) is 4.56. The summed E-state index contributed by atoms with van der Waals surface area (Å²) in [4.78, 5) is 3.88. The lowest BCUT2D eigenvalue weighted by Crippen LogP contribution is -2.31. The summed E-state index contributed by atoms with van der Waals surface area (Å²) >= 11 is 0. The van der Waals surface area contributed by atoms with Gasteiger partial charge in [-0.3, -0.25) is 0 Å². The van der Waals surface area contributed by atoms with E-state index in [4.69, 9.17) is 11.5 Å². The monoisotopic (exact) mass is 241 g/mol. The fourth-order valence-electron chi connectivity index (χ4n) is 2.41. The van der Waals surface area contributed by atoms with E-state index in [1.54, 1.807) is 12.3 Å². The molecule has 0 radical (unpaired) electrons. The minimum atomic E-state index is -2.53. The molecule has 0 spiro atoms. The van der Waals surface area contributed by atoms with Crippen LogP contribution in [0.15, 0.2) is 18.3 Å². The molecule has 4 N–H and O–H groups in total. The van der Waals surface area contributed by atoms with E-state index in [1.807, 2.05) is 6.07 Å². The summed E-state index contributed by atoms with van der Waals surface area (Å²) in [6.45, 7) is 0. The molecule has 0 saturated heterocycles. The van der Waals surface area contributed by atoms with Gasteiger partial charge in [0.15, 0.2) is 0 Å². The van der Waals surface area contributed by atoms with Gasteiger partial charge in [0.25, 0.3) is 0 Å². The van der Waals surface area contributed by atoms with Crippen molar-refractivity contribution in [1.82, 2.24) is 4.98 Å². The molecule has 1 heterocycles. The highest BCUT2D eigenvalue weighted by molar-refractivity contribution is 5.32. The van der Waals surface area contributed by atoms with Crippen molar-refractivity contribution in [3.63, 3.8) is 0 Å². The van der Waals surface area contributed by atoms with Crippen molar-refractivity contribution in [1.29, 1.82) is 0 Å². The van der Waals surface area contributed by atoms with E-state index in [9.17, 15) is 8.78 Å². The van der Waals surface area contributed by atoms with Crippen LogP contribution in [0, 0.1) is 5.92 Å². The van der Waals surface area contributed by atoms with Gasteiger partial charge in [-0.15, -0.1) is 0 Å². The first kappa shape index (κ1) is 12.2. The molecule has 0 amide bonds. The number of anilines is 1. The number of hydrogen-bond acceptors (Lipinski definition) is 3. The second-order valence-corrected chi connectivity index (χ2v) is 4.82. The van der Waals surface area contributed by atoms with Crippen molar-refractivity contribution < 1.29 is 8.78 Å². The van der Waals surface area contributed by atoms with Gasteiger partial charge in [0.05, 0.1) is 0 Å². The Kier molecular flexibility index (Phi) is 3.28. The number of alkyl halides is 2. The summed E-state index contributed by atoms with van der Waals surface area (Å²) in [5, 5.41) is 0. The molecule has 0 aliphatic heterocycles. The Balaban J connectivity index is 1.96. The average Bonchev–Trinajstić information content (AvgIpc) is 2.59. The summed E-state index contributed by atoms with van der Waals surface area (Å²) in [5.74, 6) is -2.19. The van der Waals surface area contributed by atoms with Crippen LogP contribution in [0.3, 0.4) is 0 Å². The third-order valence-electron chi connectivity index (χ3n) is 3.36. The van der Waals surface area contributed by atoms with Gasteiger partial charge in [0.1, 0.15) is 5.82 Å². The molecule has 1 aromatic rings. The van der Waals surface area contributed by atoms with Crippen LogP contribution < -0.4 is 11.5 Å². The molecule has 0 bridgehead atoms. The standard InChI is InChI=1S/C12H17F2N3/c13-12(14)3-1-9(7-12)10(15)5-8-2-4-17-11(16)6-8/h2,4,6,9-10H,1,3,5,7,15H2,(H2,16,17). The van der Waals surface area contributed by atoms with E-state index < -0.39 is 5.92 Å². The van der Waals surface area contributed by atoms with Crippen LogP contribution in [0.4, 0.5) is 14.6 Å². The number of nitrogens with two attached hydrogens (primary N) is 2. The maximum absolute atomic E-state index is 13.1.